The van der Waals surface area contributed by atoms with Crippen LogP contribution in [-0.4, -0.2) is 47.3 Å². The molecule has 2 aliphatic carbocycles. The molecule has 4 atom stereocenters. The molecule has 4 fully saturated rings. The average Bonchev–Trinajstić information content (AvgIpc) is 3.12. The molecule has 0 N–H and O–H groups in total. The number of carbonyl (C=O) groups excluding carboxylic acids is 2. The predicted octanol–water partition coefficient (Wildman–Crippen LogP) is 2.15. The molecule has 2 heterocycles. The number of benzene rings is 1. The van der Waals surface area contributed by atoms with Gasteiger partial charge in [0.15, 0.2) is 0 Å². The molecule has 0 unspecified atom stereocenters. The molecule has 6 nitrogen and oxygen atoms in total. The summed E-state index contributed by atoms with van der Waals surface area (Å²) in [7, 11) is -3.65. The highest BCUT2D eigenvalue weighted by molar-refractivity contribution is 7.90. The number of fused-ring (bicyclic) bond motifs is 1. The van der Waals surface area contributed by atoms with Crippen molar-refractivity contribution in [2.75, 3.05) is 5.75 Å². The van der Waals surface area contributed by atoms with Gasteiger partial charge in [-0.05, 0) is 36.2 Å². The summed E-state index contributed by atoms with van der Waals surface area (Å²) < 4.78 is 27.4. The van der Waals surface area contributed by atoms with Crippen LogP contribution in [0.25, 0.3) is 0 Å². The second-order valence-corrected chi connectivity index (χ2v) is 11.3. The van der Waals surface area contributed by atoms with Gasteiger partial charge in [0.1, 0.15) is 6.04 Å². The molecule has 2 bridgehead atoms. The lowest BCUT2D eigenvalue weighted by atomic mass is 9.69. The van der Waals surface area contributed by atoms with E-state index in [0.717, 1.165) is 24.8 Å². The molecule has 0 radical (unpaired) electrons. The van der Waals surface area contributed by atoms with Crippen LogP contribution in [0.1, 0.15) is 45.1 Å². The van der Waals surface area contributed by atoms with Gasteiger partial charge >= 0.3 is 0 Å². The first-order chi connectivity index (χ1) is 13.2. The van der Waals surface area contributed by atoms with E-state index in [-0.39, 0.29) is 35.0 Å². The third-order valence-corrected chi connectivity index (χ3v) is 10.1. The molecule has 0 aromatic heterocycles. The van der Waals surface area contributed by atoms with Crippen molar-refractivity contribution in [3.63, 3.8) is 0 Å². The first-order valence-corrected chi connectivity index (χ1v) is 11.7. The standard InChI is InChI=1S/C21H26N2O4S/c1-20(2)15-8-9-21(20)13-28(26,27)23(17(21)10-15)19(25)16-11-18(24)22(16)12-14-6-4-3-5-7-14/h3-7,15-17H,8-13H2,1-2H3/t15-,16-,17+,21-/m1/s1. The maximum absolute atomic E-state index is 13.4. The third kappa shape index (κ3) is 2.17. The summed E-state index contributed by atoms with van der Waals surface area (Å²) >= 11 is 0. The van der Waals surface area contributed by atoms with Crippen molar-refractivity contribution in [2.24, 2.45) is 16.7 Å². The first-order valence-electron chi connectivity index (χ1n) is 10.1. The van der Waals surface area contributed by atoms with Crippen LogP contribution in [0.4, 0.5) is 0 Å². The molecule has 1 aromatic carbocycles. The number of hydrogen-bond donors (Lipinski definition) is 0. The summed E-state index contributed by atoms with van der Waals surface area (Å²) in [5.74, 6) is 0.0356. The Morgan fingerprint density at radius 1 is 1.21 bits per heavy atom. The number of likely N-dealkylation sites (tertiary alicyclic amines) is 1. The highest BCUT2D eigenvalue weighted by Gasteiger charge is 2.72. The number of nitrogens with zero attached hydrogens (tertiary/aromatic N) is 2. The largest absolute Gasteiger partial charge is 0.326 e. The zero-order chi connectivity index (χ0) is 19.9. The molecule has 28 heavy (non-hydrogen) atoms. The normalized spacial score (nSPS) is 37.1. The Labute approximate surface area is 165 Å². The van der Waals surface area contributed by atoms with Crippen LogP contribution in [0.2, 0.25) is 0 Å². The topological polar surface area (TPSA) is 74.8 Å². The molecule has 1 aromatic rings. The van der Waals surface area contributed by atoms with Gasteiger partial charge in [-0.3, -0.25) is 9.59 Å². The van der Waals surface area contributed by atoms with Crippen LogP contribution in [0.3, 0.4) is 0 Å². The molecular weight excluding hydrogens is 376 g/mol. The van der Waals surface area contributed by atoms with Gasteiger partial charge in [0, 0.05) is 12.0 Å². The zero-order valence-corrected chi connectivity index (χ0v) is 17.1. The second kappa shape index (κ2) is 5.59. The Balaban J connectivity index is 1.43. The minimum atomic E-state index is -3.65. The van der Waals surface area contributed by atoms with E-state index in [9.17, 15) is 18.0 Å². The van der Waals surface area contributed by atoms with Crippen molar-refractivity contribution < 1.29 is 18.0 Å². The van der Waals surface area contributed by atoms with E-state index < -0.39 is 22.0 Å². The minimum Gasteiger partial charge on any atom is -0.326 e. The molecule has 2 saturated carbocycles. The van der Waals surface area contributed by atoms with Crippen molar-refractivity contribution in [1.82, 2.24) is 9.21 Å². The first kappa shape index (κ1) is 18.2. The van der Waals surface area contributed by atoms with Gasteiger partial charge in [-0.15, -0.1) is 0 Å². The number of β-lactam (4-membered cyclic amide) rings is 1. The van der Waals surface area contributed by atoms with E-state index in [1.54, 1.807) is 0 Å². The summed E-state index contributed by atoms with van der Waals surface area (Å²) in [4.78, 5) is 27.1. The lowest BCUT2D eigenvalue weighted by molar-refractivity contribution is -0.158. The summed E-state index contributed by atoms with van der Waals surface area (Å²) in [5, 5.41) is 0. The van der Waals surface area contributed by atoms with E-state index in [2.05, 4.69) is 13.8 Å². The molecule has 5 rings (SSSR count). The fourth-order valence-electron chi connectivity index (χ4n) is 6.38. The Bertz CT molecular complexity index is 958. The average molecular weight is 403 g/mol. The van der Waals surface area contributed by atoms with Crippen molar-refractivity contribution in [2.45, 2.75) is 58.2 Å². The summed E-state index contributed by atoms with van der Waals surface area (Å²) in [6.07, 6.45) is 2.78. The fourth-order valence-corrected chi connectivity index (χ4v) is 8.95. The third-order valence-electron chi connectivity index (χ3n) is 8.17. The lowest BCUT2D eigenvalue weighted by Crippen LogP contribution is -2.61. The lowest BCUT2D eigenvalue weighted by Gasteiger charge is -2.42. The maximum atomic E-state index is 13.4. The highest BCUT2D eigenvalue weighted by Crippen LogP contribution is 2.70. The van der Waals surface area contributed by atoms with Crippen LogP contribution >= 0.6 is 0 Å². The van der Waals surface area contributed by atoms with Gasteiger partial charge in [-0.25, -0.2) is 12.7 Å². The van der Waals surface area contributed by atoms with Gasteiger partial charge in [0.2, 0.25) is 15.9 Å². The summed E-state index contributed by atoms with van der Waals surface area (Å²) in [6, 6.07) is 8.59. The van der Waals surface area contributed by atoms with Crippen molar-refractivity contribution in [1.29, 1.82) is 0 Å². The van der Waals surface area contributed by atoms with Crippen molar-refractivity contribution in [3.8, 4) is 0 Å². The second-order valence-electron chi connectivity index (χ2n) is 9.48. The fraction of sp³-hybridized carbons (Fsp3) is 0.619. The van der Waals surface area contributed by atoms with Crippen LogP contribution in [0.15, 0.2) is 30.3 Å². The summed E-state index contributed by atoms with van der Waals surface area (Å²) in [6.45, 7) is 4.68. The van der Waals surface area contributed by atoms with Crippen LogP contribution in [0, 0.1) is 16.7 Å². The number of rotatable bonds is 3. The number of sulfonamides is 1. The van der Waals surface area contributed by atoms with Crippen molar-refractivity contribution >= 4 is 21.8 Å². The number of carbonyl (C=O) groups is 2. The van der Waals surface area contributed by atoms with E-state index in [4.69, 9.17) is 0 Å². The number of hydrogen-bond acceptors (Lipinski definition) is 4. The quantitative estimate of drug-likeness (QED) is 0.726. The molecule has 4 aliphatic rings. The number of amides is 2. The molecule has 2 amide bonds. The molecular formula is C21H26N2O4S. The molecule has 2 saturated heterocycles. The monoisotopic (exact) mass is 402 g/mol. The smallest absolute Gasteiger partial charge is 0.259 e. The van der Waals surface area contributed by atoms with E-state index in [1.807, 2.05) is 30.3 Å². The van der Waals surface area contributed by atoms with Gasteiger partial charge in [0.25, 0.3) is 5.91 Å². The molecule has 2 aliphatic heterocycles. The zero-order valence-electron chi connectivity index (χ0n) is 16.3. The van der Waals surface area contributed by atoms with E-state index in [0.29, 0.717) is 12.5 Å². The van der Waals surface area contributed by atoms with Gasteiger partial charge in [-0.1, -0.05) is 44.2 Å². The molecule has 150 valence electrons. The Hall–Kier alpha value is -1.89. The van der Waals surface area contributed by atoms with Crippen LogP contribution < -0.4 is 0 Å². The Kier molecular flexibility index (Phi) is 3.62. The van der Waals surface area contributed by atoms with Crippen LogP contribution in [-0.2, 0) is 26.2 Å². The van der Waals surface area contributed by atoms with Gasteiger partial charge in [0.05, 0.1) is 18.2 Å². The molecule has 7 heteroatoms. The predicted molar refractivity (Wildman–Crippen MR) is 103 cm³/mol. The maximum Gasteiger partial charge on any atom is 0.259 e. The van der Waals surface area contributed by atoms with E-state index >= 15 is 0 Å². The summed E-state index contributed by atoms with van der Waals surface area (Å²) in [5.41, 5.74) is 0.540. The minimum absolute atomic E-state index is 0.0687. The van der Waals surface area contributed by atoms with Crippen LogP contribution in [0.5, 0.6) is 0 Å². The van der Waals surface area contributed by atoms with E-state index in [1.165, 1.54) is 9.21 Å². The molecule has 1 spiro atoms. The van der Waals surface area contributed by atoms with Gasteiger partial charge < -0.3 is 4.90 Å². The Morgan fingerprint density at radius 2 is 1.93 bits per heavy atom. The Morgan fingerprint density at radius 3 is 2.57 bits per heavy atom. The SMILES string of the molecule is CC1(C)[C@@H]2CC[C@]13CS(=O)(=O)N(C(=O)[C@H]1CC(=O)N1Cc1ccccc1)[C@H]3C2. The highest BCUT2D eigenvalue weighted by atomic mass is 32.2. The van der Waals surface area contributed by atoms with Crippen molar-refractivity contribution in [3.05, 3.63) is 35.9 Å². The van der Waals surface area contributed by atoms with Gasteiger partial charge in [-0.2, -0.15) is 0 Å².